The van der Waals surface area contributed by atoms with Crippen molar-refractivity contribution in [3.8, 4) is 0 Å². The molecule has 0 aromatic heterocycles. The molecule has 5 N–H and O–H groups in total. The van der Waals surface area contributed by atoms with Crippen LogP contribution in [0, 0.1) is 0 Å². The lowest BCUT2D eigenvalue weighted by Gasteiger charge is -2.42. The second-order valence-electron chi connectivity index (χ2n) is 7.33. The molecule has 0 bridgehead atoms. The molecular weight excluding hydrogens is 372 g/mol. The van der Waals surface area contributed by atoms with Gasteiger partial charge in [-0.25, -0.2) is 0 Å². The maximum absolute atomic E-state index is 12.2. The summed E-state index contributed by atoms with van der Waals surface area (Å²) < 4.78 is 11.1. The quantitative estimate of drug-likeness (QED) is 0.280. The third-order valence-electron chi connectivity index (χ3n) is 5.23. The highest BCUT2D eigenvalue weighted by atomic mass is 16.7. The van der Waals surface area contributed by atoms with Crippen LogP contribution in [0.1, 0.15) is 39.0 Å². The summed E-state index contributed by atoms with van der Waals surface area (Å²) in [4.78, 5) is 25.3. The number of unbranched alkanes of at least 4 members (excludes halogenated alkanes) is 1. The van der Waals surface area contributed by atoms with E-state index in [4.69, 9.17) is 9.47 Å². The van der Waals surface area contributed by atoms with Crippen LogP contribution in [-0.2, 0) is 19.1 Å². The number of carbonyl (C=O) groups excluding carboxylic acids is 2. The van der Waals surface area contributed by atoms with E-state index in [1.807, 2.05) is 0 Å². The van der Waals surface area contributed by atoms with Crippen molar-refractivity contribution in [2.24, 2.45) is 0 Å². The molecule has 10 nitrogen and oxygen atoms in total. The molecule has 28 heavy (non-hydrogen) atoms. The lowest BCUT2D eigenvalue weighted by molar-refractivity contribution is -0.270. The number of rotatable bonds is 9. The summed E-state index contributed by atoms with van der Waals surface area (Å²) in [7, 11) is 0. The second kappa shape index (κ2) is 11.0. The third kappa shape index (κ3) is 5.85. The molecule has 2 saturated heterocycles. The molecule has 2 aliphatic rings. The lowest BCUT2D eigenvalue weighted by atomic mass is 9.97. The molecule has 2 amide bonds. The normalized spacial score (nSPS) is 33.1. The number of aliphatic hydroxyl groups is 4. The summed E-state index contributed by atoms with van der Waals surface area (Å²) in [5.41, 5.74) is 0. The van der Waals surface area contributed by atoms with Crippen molar-refractivity contribution in [3.63, 3.8) is 0 Å². The van der Waals surface area contributed by atoms with E-state index in [2.05, 4.69) is 5.32 Å². The van der Waals surface area contributed by atoms with Crippen molar-refractivity contribution in [1.29, 1.82) is 0 Å². The average molecular weight is 404 g/mol. The van der Waals surface area contributed by atoms with Crippen LogP contribution in [0.3, 0.4) is 0 Å². The highest BCUT2D eigenvalue weighted by molar-refractivity contribution is 5.76. The summed E-state index contributed by atoms with van der Waals surface area (Å²) in [5, 5.41) is 41.2. The van der Waals surface area contributed by atoms with E-state index in [-0.39, 0.29) is 25.2 Å². The van der Waals surface area contributed by atoms with E-state index in [0.717, 1.165) is 12.8 Å². The minimum atomic E-state index is -1.35. The maximum atomic E-state index is 12.2. The van der Waals surface area contributed by atoms with Gasteiger partial charge in [-0.15, -0.1) is 0 Å². The van der Waals surface area contributed by atoms with E-state index in [1.54, 1.807) is 4.90 Å². The minimum Gasteiger partial charge on any atom is -0.394 e. The fourth-order valence-corrected chi connectivity index (χ4v) is 3.69. The van der Waals surface area contributed by atoms with Crippen molar-refractivity contribution < 1.29 is 39.5 Å². The number of carbonyl (C=O) groups is 2. The zero-order valence-corrected chi connectivity index (χ0v) is 16.2. The molecule has 0 saturated carbocycles. The third-order valence-corrected chi connectivity index (χ3v) is 5.23. The molecule has 0 radical (unpaired) electrons. The Morgan fingerprint density at radius 3 is 2.57 bits per heavy atom. The van der Waals surface area contributed by atoms with E-state index in [0.29, 0.717) is 25.8 Å². The summed E-state index contributed by atoms with van der Waals surface area (Å²) in [6.07, 6.45) is -1.51. The van der Waals surface area contributed by atoms with Gasteiger partial charge >= 0.3 is 0 Å². The van der Waals surface area contributed by atoms with Crippen LogP contribution in [0.4, 0.5) is 0 Å². The van der Waals surface area contributed by atoms with E-state index < -0.39 is 43.2 Å². The van der Waals surface area contributed by atoms with Crippen LogP contribution in [-0.4, -0.2) is 100 Å². The van der Waals surface area contributed by atoms with Crippen LogP contribution in [0.15, 0.2) is 0 Å². The molecule has 6 atom stereocenters. The molecule has 2 aliphatic heterocycles. The Kier molecular flexibility index (Phi) is 9.06. The van der Waals surface area contributed by atoms with Crippen molar-refractivity contribution >= 4 is 11.8 Å². The van der Waals surface area contributed by atoms with Crippen LogP contribution < -0.4 is 5.32 Å². The summed E-state index contributed by atoms with van der Waals surface area (Å²) in [6.45, 7) is 1.66. The van der Waals surface area contributed by atoms with Gasteiger partial charge in [0.05, 0.1) is 19.3 Å². The molecule has 0 aromatic rings. The topological polar surface area (TPSA) is 149 Å². The van der Waals surface area contributed by atoms with Gasteiger partial charge in [-0.05, 0) is 25.7 Å². The first kappa shape index (κ1) is 23.0. The van der Waals surface area contributed by atoms with Crippen molar-refractivity contribution in [2.45, 2.75) is 75.7 Å². The van der Waals surface area contributed by atoms with E-state index in [1.165, 1.54) is 6.92 Å². The average Bonchev–Trinajstić information content (AvgIpc) is 3.15. The highest BCUT2D eigenvalue weighted by Gasteiger charge is 2.45. The van der Waals surface area contributed by atoms with Gasteiger partial charge < -0.3 is 40.1 Å². The largest absolute Gasteiger partial charge is 0.394 e. The SMILES string of the molecule is CC(=O)NC1C(OCCCCC(=O)N2CCCC2CO)OC(CO)C(O)C1O. The number of likely N-dealkylation sites (tertiary alicyclic amines) is 1. The van der Waals surface area contributed by atoms with Gasteiger partial charge in [-0.2, -0.15) is 0 Å². The summed E-state index contributed by atoms with van der Waals surface area (Å²) >= 11 is 0. The molecule has 10 heteroatoms. The van der Waals surface area contributed by atoms with Gasteiger partial charge in [-0.3, -0.25) is 9.59 Å². The van der Waals surface area contributed by atoms with Gasteiger partial charge in [0.15, 0.2) is 6.29 Å². The molecule has 0 aromatic carbocycles. The molecule has 2 heterocycles. The minimum absolute atomic E-state index is 0.0143. The van der Waals surface area contributed by atoms with Crippen molar-refractivity contribution in [3.05, 3.63) is 0 Å². The predicted octanol–water partition coefficient (Wildman–Crippen LogP) is -1.90. The highest BCUT2D eigenvalue weighted by Crippen LogP contribution is 2.23. The molecule has 162 valence electrons. The number of nitrogens with zero attached hydrogens (tertiary/aromatic N) is 1. The van der Waals surface area contributed by atoms with Crippen LogP contribution in [0.2, 0.25) is 0 Å². The first-order valence-electron chi connectivity index (χ1n) is 9.80. The Morgan fingerprint density at radius 1 is 1.18 bits per heavy atom. The smallest absolute Gasteiger partial charge is 0.222 e. The Morgan fingerprint density at radius 2 is 1.93 bits per heavy atom. The fourth-order valence-electron chi connectivity index (χ4n) is 3.69. The Hall–Kier alpha value is -1.30. The van der Waals surface area contributed by atoms with Crippen LogP contribution in [0.5, 0.6) is 0 Å². The van der Waals surface area contributed by atoms with Crippen LogP contribution >= 0.6 is 0 Å². The van der Waals surface area contributed by atoms with Gasteiger partial charge in [0.2, 0.25) is 11.8 Å². The fraction of sp³-hybridized carbons (Fsp3) is 0.889. The number of aliphatic hydroxyl groups excluding tert-OH is 4. The maximum Gasteiger partial charge on any atom is 0.222 e. The molecular formula is C18H32N2O8. The van der Waals surface area contributed by atoms with Gasteiger partial charge in [0.1, 0.15) is 24.4 Å². The van der Waals surface area contributed by atoms with E-state index in [9.17, 15) is 30.0 Å². The van der Waals surface area contributed by atoms with Gasteiger partial charge in [0, 0.05) is 26.5 Å². The molecule has 6 unspecified atom stereocenters. The predicted molar refractivity (Wildman–Crippen MR) is 97.0 cm³/mol. The number of nitrogens with one attached hydrogen (secondary N) is 1. The number of amides is 2. The first-order chi connectivity index (χ1) is 13.4. The number of hydrogen-bond donors (Lipinski definition) is 5. The van der Waals surface area contributed by atoms with Crippen molar-refractivity contribution in [2.75, 3.05) is 26.4 Å². The zero-order valence-electron chi connectivity index (χ0n) is 16.2. The second-order valence-corrected chi connectivity index (χ2v) is 7.33. The standard InChI is InChI=1S/C18H32N2O8/c1-11(23)19-15-17(26)16(25)13(10-22)28-18(15)27-8-3-2-6-14(24)20-7-4-5-12(20)9-21/h12-13,15-18,21-22,25-26H,2-10H2,1H3,(H,19,23). The van der Waals surface area contributed by atoms with E-state index >= 15 is 0 Å². The Balaban J connectivity index is 1.77. The Labute approximate surface area is 164 Å². The zero-order chi connectivity index (χ0) is 20.7. The Bertz CT molecular complexity index is 520. The van der Waals surface area contributed by atoms with Crippen molar-refractivity contribution in [1.82, 2.24) is 10.2 Å². The molecule has 2 rings (SSSR count). The van der Waals surface area contributed by atoms with Gasteiger partial charge in [0.25, 0.3) is 0 Å². The monoisotopic (exact) mass is 404 g/mol. The molecule has 0 aliphatic carbocycles. The molecule has 2 fully saturated rings. The summed E-state index contributed by atoms with van der Waals surface area (Å²) in [5.74, 6) is -0.397. The van der Waals surface area contributed by atoms with Crippen LogP contribution in [0.25, 0.3) is 0 Å². The molecule has 0 spiro atoms. The number of hydrogen-bond acceptors (Lipinski definition) is 8. The lowest BCUT2D eigenvalue weighted by Crippen LogP contribution is -2.64. The first-order valence-corrected chi connectivity index (χ1v) is 9.80. The summed E-state index contributed by atoms with van der Waals surface area (Å²) in [6, 6.07) is -1.05. The van der Waals surface area contributed by atoms with Gasteiger partial charge in [-0.1, -0.05) is 0 Å². The number of ether oxygens (including phenoxy) is 2.